The van der Waals surface area contributed by atoms with Crippen molar-refractivity contribution in [1.29, 1.82) is 0 Å². The Kier molecular flexibility index (Phi) is 4.94. The van der Waals surface area contributed by atoms with E-state index >= 15 is 0 Å². The number of aromatic nitrogens is 4. The molecule has 0 radical (unpaired) electrons. The average Bonchev–Trinajstić information content (AvgIpc) is 3.52. The first-order chi connectivity index (χ1) is 16.3. The summed E-state index contributed by atoms with van der Waals surface area (Å²) in [7, 11) is 0. The van der Waals surface area contributed by atoms with E-state index in [4.69, 9.17) is 0 Å². The number of H-pyrrole nitrogens is 1. The average molecular weight is 571 g/mol. The highest BCUT2D eigenvalue weighted by molar-refractivity contribution is 14.1. The number of aromatic amines is 1. The highest BCUT2D eigenvalue weighted by Gasteiger charge is 2.55. The van der Waals surface area contributed by atoms with Crippen LogP contribution in [-0.2, 0) is 8.72 Å². The second-order valence-corrected chi connectivity index (χ2v) is 10.3. The number of imidazole rings is 1. The van der Waals surface area contributed by atoms with Gasteiger partial charge in [-0.15, -0.1) is 5.10 Å². The number of halogens is 3. The smallest absolute Gasteiger partial charge is 0.339 e. The van der Waals surface area contributed by atoms with Crippen LogP contribution in [0.3, 0.4) is 0 Å². The molecule has 6 nitrogen and oxygen atoms in total. The molecule has 1 saturated carbocycles. The maximum Gasteiger partial charge on any atom is 0.339 e. The monoisotopic (exact) mass is 571 g/mol. The molecule has 0 unspecified atom stereocenters. The van der Waals surface area contributed by atoms with Crippen molar-refractivity contribution in [3.05, 3.63) is 71.7 Å². The van der Waals surface area contributed by atoms with Gasteiger partial charge in [-0.05, 0) is 73.2 Å². The molecule has 1 saturated heterocycles. The third-order valence-electron chi connectivity index (χ3n) is 6.79. The number of nitrogens with one attached hydrogen (secondary N) is 1. The van der Waals surface area contributed by atoms with Crippen molar-refractivity contribution in [2.45, 2.75) is 29.7 Å². The van der Waals surface area contributed by atoms with Gasteiger partial charge >= 0.3 is 3.93 Å². The zero-order valence-electron chi connectivity index (χ0n) is 18.2. The quantitative estimate of drug-likeness (QED) is 0.183. The van der Waals surface area contributed by atoms with E-state index in [-0.39, 0.29) is 23.6 Å². The minimum atomic E-state index is -3.06. The van der Waals surface area contributed by atoms with E-state index in [1.54, 1.807) is 12.4 Å². The maximum atomic E-state index is 13.5. The van der Waals surface area contributed by atoms with Crippen LogP contribution in [0.1, 0.15) is 35.7 Å². The van der Waals surface area contributed by atoms with Gasteiger partial charge in [0, 0.05) is 33.8 Å². The summed E-state index contributed by atoms with van der Waals surface area (Å²) in [5, 5.41) is 7.71. The molecule has 172 valence electrons. The number of hydrogen-bond donors (Lipinski definition) is 1. The molecule has 1 aliphatic carbocycles. The number of carbonyl (C=O) groups excluding carboxylic acids is 1. The first-order valence-electron chi connectivity index (χ1n) is 11.1. The highest BCUT2D eigenvalue weighted by Crippen LogP contribution is 2.54. The van der Waals surface area contributed by atoms with Crippen molar-refractivity contribution in [3.8, 4) is 11.3 Å². The van der Waals surface area contributed by atoms with Crippen LogP contribution >= 0.6 is 22.6 Å². The zero-order chi connectivity index (χ0) is 23.6. The summed E-state index contributed by atoms with van der Waals surface area (Å²) in [5.41, 5.74) is 5.69. The van der Waals surface area contributed by atoms with Gasteiger partial charge in [0.05, 0.1) is 35.0 Å². The molecule has 2 atom stereocenters. The second-order valence-electron chi connectivity index (χ2n) is 8.99. The molecule has 2 aromatic carbocycles. The van der Waals surface area contributed by atoms with Gasteiger partial charge in [0.2, 0.25) is 5.91 Å². The van der Waals surface area contributed by atoms with Crippen molar-refractivity contribution in [3.63, 3.8) is 0 Å². The van der Waals surface area contributed by atoms with E-state index in [2.05, 4.69) is 20.2 Å². The van der Waals surface area contributed by atoms with Gasteiger partial charge in [-0.1, -0.05) is 12.1 Å². The Morgan fingerprint density at radius 1 is 1.09 bits per heavy atom. The van der Waals surface area contributed by atoms with Crippen LogP contribution in [0.5, 0.6) is 0 Å². The summed E-state index contributed by atoms with van der Waals surface area (Å²) in [5.74, 6) is 0.570. The summed E-state index contributed by atoms with van der Waals surface area (Å²) in [6.07, 6.45) is 3.82. The molecule has 0 bridgehead atoms. The fourth-order valence-corrected chi connectivity index (χ4v) is 5.21. The molecular formula is C25H20F2IN5O. The van der Waals surface area contributed by atoms with Crippen molar-refractivity contribution < 1.29 is 13.6 Å². The van der Waals surface area contributed by atoms with Gasteiger partial charge in [0.15, 0.2) is 0 Å². The Hall–Kier alpha value is -2.95. The number of rotatable bonds is 5. The van der Waals surface area contributed by atoms with Gasteiger partial charge in [-0.25, -0.2) is 4.98 Å². The third kappa shape index (κ3) is 3.57. The molecule has 1 aliphatic heterocycles. The fraction of sp³-hybridized carbons (Fsp3) is 0.280. The van der Waals surface area contributed by atoms with E-state index in [0.717, 1.165) is 68.8 Å². The maximum absolute atomic E-state index is 13.5. The predicted octanol–water partition coefficient (Wildman–Crippen LogP) is 5.93. The summed E-state index contributed by atoms with van der Waals surface area (Å²) < 4.78 is 23.9. The van der Waals surface area contributed by atoms with E-state index in [0.29, 0.717) is 11.6 Å². The second kappa shape index (κ2) is 7.79. The lowest BCUT2D eigenvalue weighted by atomic mass is 9.77. The Morgan fingerprint density at radius 3 is 2.59 bits per heavy atom. The van der Waals surface area contributed by atoms with Crippen LogP contribution in [0.2, 0.25) is 0 Å². The van der Waals surface area contributed by atoms with Gasteiger partial charge in [-0.2, -0.15) is 13.9 Å². The number of benzene rings is 2. The number of alkyl halides is 3. The molecule has 6 rings (SSSR count). The first-order valence-corrected chi connectivity index (χ1v) is 12.2. The van der Waals surface area contributed by atoms with Crippen LogP contribution in [-0.4, -0.2) is 26.1 Å². The van der Waals surface area contributed by atoms with Crippen LogP contribution in [0, 0.1) is 18.8 Å². The Morgan fingerprint density at radius 2 is 1.91 bits per heavy atom. The van der Waals surface area contributed by atoms with Crippen molar-refractivity contribution in [2.75, 3.05) is 4.90 Å². The molecule has 3 heterocycles. The molecular weight excluding hydrogens is 551 g/mol. The lowest BCUT2D eigenvalue weighted by Gasteiger charge is -2.48. The summed E-state index contributed by atoms with van der Waals surface area (Å²) in [6, 6.07) is 14.6. The topological polar surface area (TPSA) is 74.8 Å². The number of nitrogens with zero attached hydrogens (tertiary/aromatic N) is 4. The summed E-state index contributed by atoms with van der Waals surface area (Å²) >= 11 is 1.05. The van der Waals surface area contributed by atoms with Gasteiger partial charge < -0.3 is 9.88 Å². The summed E-state index contributed by atoms with van der Waals surface area (Å²) in [4.78, 5) is 22.5. The molecule has 2 fully saturated rings. The Balaban J connectivity index is 1.35. The standard InChI is InChI=1S/C25H20F2IN5O/c1-13-10-15(18-8-9-21(32-31-18)25(26,27)28)4-6-17(13)23-22(14-2-3-14)24(34)33(23)16-5-7-19-20(11-16)30-12-29-19/h4-12,14,22-23H,2-3H2,1H3,(H,29,30)/t22-,23+/m0/s1. The van der Waals surface area contributed by atoms with Crippen LogP contribution in [0.4, 0.5) is 14.5 Å². The van der Waals surface area contributed by atoms with E-state index in [1.807, 2.05) is 48.2 Å². The number of hydrogen-bond acceptors (Lipinski definition) is 4. The SMILES string of the molecule is Cc1cc(-c2ccc(C(F)(F)I)nn2)ccc1[C@@H]1[C@H](C2CC2)C(=O)N1c1ccc2nc[nH]c2c1. The van der Waals surface area contributed by atoms with Crippen LogP contribution < -0.4 is 4.90 Å². The highest BCUT2D eigenvalue weighted by atomic mass is 127. The van der Waals surface area contributed by atoms with E-state index in [1.165, 1.54) is 6.07 Å². The number of aryl methyl sites for hydroxylation is 1. The van der Waals surface area contributed by atoms with Crippen molar-refractivity contribution in [1.82, 2.24) is 20.2 Å². The largest absolute Gasteiger partial charge is 0.345 e. The van der Waals surface area contributed by atoms with E-state index in [9.17, 15) is 13.6 Å². The van der Waals surface area contributed by atoms with Crippen molar-refractivity contribution in [2.24, 2.45) is 11.8 Å². The molecule has 1 amide bonds. The number of β-lactam (4-membered cyclic amide) rings is 1. The van der Waals surface area contributed by atoms with Gasteiger partial charge in [0.25, 0.3) is 0 Å². The molecule has 9 heteroatoms. The molecule has 0 spiro atoms. The lowest BCUT2D eigenvalue weighted by molar-refractivity contribution is -0.131. The van der Waals surface area contributed by atoms with Gasteiger partial charge in [-0.3, -0.25) is 4.79 Å². The number of amides is 1. The number of anilines is 1. The lowest BCUT2D eigenvalue weighted by Crippen LogP contribution is -2.56. The minimum Gasteiger partial charge on any atom is -0.345 e. The zero-order valence-corrected chi connectivity index (χ0v) is 20.3. The molecule has 1 N–H and O–H groups in total. The first kappa shape index (κ1) is 21.6. The van der Waals surface area contributed by atoms with Crippen molar-refractivity contribution >= 4 is 45.2 Å². The molecule has 34 heavy (non-hydrogen) atoms. The van der Waals surface area contributed by atoms with Crippen LogP contribution in [0.25, 0.3) is 22.3 Å². The molecule has 2 aromatic heterocycles. The van der Waals surface area contributed by atoms with E-state index < -0.39 is 3.93 Å². The fourth-order valence-electron chi connectivity index (χ4n) is 4.92. The van der Waals surface area contributed by atoms with Gasteiger partial charge in [0.1, 0.15) is 5.69 Å². The summed E-state index contributed by atoms with van der Waals surface area (Å²) in [6.45, 7) is 2.02. The minimum absolute atomic E-state index is 0.0213. The number of carbonyl (C=O) groups is 1. The Labute approximate surface area is 207 Å². The normalized spacial score (nSPS) is 20.6. The third-order valence-corrected chi connectivity index (χ3v) is 7.34. The Bertz CT molecular complexity index is 1410. The molecule has 4 aromatic rings. The predicted molar refractivity (Wildman–Crippen MR) is 133 cm³/mol. The number of fused-ring (bicyclic) bond motifs is 1. The van der Waals surface area contributed by atoms with Crippen LogP contribution in [0.15, 0.2) is 54.9 Å². The molecule has 2 aliphatic rings.